The molecule has 0 atom stereocenters. The average molecular weight is 303 g/mol. The minimum atomic E-state index is -0.346. The SMILES string of the molecule is CCOc1ccc(C(=O)Nc2ccc(F)cc2)cc1COC. The second kappa shape index (κ2) is 7.56. The molecule has 0 aliphatic heterocycles. The molecule has 0 saturated carbocycles. The smallest absolute Gasteiger partial charge is 0.255 e. The molecule has 4 nitrogen and oxygen atoms in total. The highest BCUT2D eigenvalue weighted by atomic mass is 19.1. The van der Waals surface area contributed by atoms with Crippen molar-refractivity contribution in [1.82, 2.24) is 0 Å². The molecule has 0 radical (unpaired) electrons. The largest absolute Gasteiger partial charge is 0.494 e. The fourth-order valence-electron chi connectivity index (χ4n) is 2.02. The van der Waals surface area contributed by atoms with Gasteiger partial charge in [0.2, 0.25) is 0 Å². The predicted molar refractivity (Wildman–Crippen MR) is 82.7 cm³/mol. The van der Waals surface area contributed by atoms with Crippen molar-refractivity contribution < 1.29 is 18.7 Å². The first-order valence-corrected chi connectivity index (χ1v) is 6.95. The second-order valence-electron chi connectivity index (χ2n) is 4.65. The van der Waals surface area contributed by atoms with Gasteiger partial charge in [-0.25, -0.2) is 4.39 Å². The number of carbonyl (C=O) groups is 1. The monoisotopic (exact) mass is 303 g/mol. The third kappa shape index (κ3) is 4.05. The Bertz CT molecular complexity index is 641. The second-order valence-corrected chi connectivity index (χ2v) is 4.65. The van der Waals surface area contributed by atoms with E-state index < -0.39 is 0 Å². The zero-order chi connectivity index (χ0) is 15.9. The Labute approximate surface area is 128 Å². The van der Waals surface area contributed by atoms with Gasteiger partial charge in [0.05, 0.1) is 13.2 Å². The summed E-state index contributed by atoms with van der Waals surface area (Å²) in [6.07, 6.45) is 0. The molecule has 1 N–H and O–H groups in total. The number of nitrogens with one attached hydrogen (secondary N) is 1. The third-order valence-electron chi connectivity index (χ3n) is 3.02. The van der Waals surface area contributed by atoms with E-state index in [4.69, 9.17) is 9.47 Å². The lowest BCUT2D eigenvalue weighted by Crippen LogP contribution is -2.12. The summed E-state index contributed by atoms with van der Waals surface area (Å²) in [5.41, 5.74) is 1.82. The van der Waals surface area contributed by atoms with Gasteiger partial charge < -0.3 is 14.8 Å². The molecule has 0 saturated heterocycles. The number of hydrogen-bond acceptors (Lipinski definition) is 3. The molecule has 0 fully saturated rings. The van der Waals surface area contributed by atoms with Crippen LogP contribution in [0.25, 0.3) is 0 Å². The van der Waals surface area contributed by atoms with Crippen LogP contribution in [0.2, 0.25) is 0 Å². The molecule has 2 rings (SSSR count). The normalized spacial score (nSPS) is 10.3. The Morgan fingerprint density at radius 2 is 1.91 bits per heavy atom. The fourth-order valence-corrected chi connectivity index (χ4v) is 2.02. The standard InChI is InChI=1S/C17H18FNO3/c1-3-22-16-9-4-12(10-13(16)11-21-2)17(20)19-15-7-5-14(18)6-8-15/h4-10H,3,11H2,1-2H3,(H,19,20). The summed E-state index contributed by atoms with van der Waals surface area (Å²) in [6.45, 7) is 2.79. The van der Waals surface area contributed by atoms with Crippen molar-refractivity contribution in [2.24, 2.45) is 0 Å². The van der Waals surface area contributed by atoms with Crippen molar-refractivity contribution in [1.29, 1.82) is 0 Å². The summed E-state index contributed by atoms with van der Waals surface area (Å²) in [6, 6.07) is 10.8. The molecule has 0 unspecified atom stereocenters. The molecule has 2 aromatic carbocycles. The van der Waals surface area contributed by atoms with E-state index in [0.29, 0.717) is 30.2 Å². The van der Waals surface area contributed by atoms with Crippen LogP contribution in [0.5, 0.6) is 5.75 Å². The number of amides is 1. The van der Waals surface area contributed by atoms with E-state index in [1.807, 2.05) is 6.92 Å². The van der Waals surface area contributed by atoms with E-state index in [1.54, 1.807) is 25.3 Å². The minimum Gasteiger partial charge on any atom is -0.494 e. The van der Waals surface area contributed by atoms with Gasteiger partial charge in [0.1, 0.15) is 11.6 Å². The number of benzene rings is 2. The van der Waals surface area contributed by atoms with E-state index in [1.165, 1.54) is 24.3 Å². The van der Waals surface area contributed by atoms with Crippen molar-refractivity contribution in [3.8, 4) is 5.75 Å². The van der Waals surface area contributed by atoms with Gasteiger partial charge in [0.15, 0.2) is 0 Å². The van der Waals surface area contributed by atoms with Crippen LogP contribution in [0.4, 0.5) is 10.1 Å². The van der Waals surface area contributed by atoms with E-state index in [-0.39, 0.29) is 11.7 Å². The first-order chi connectivity index (χ1) is 10.6. The number of halogens is 1. The first-order valence-electron chi connectivity index (χ1n) is 6.95. The van der Waals surface area contributed by atoms with Crippen LogP contribution in [0.3, 0.4) is 0 Å². The molecule has 0 heterocycles. The molecule has 0 bridgehead atoms. The van der Waals surface area contributed by atoms with Crippen molar-refractivity contribution >= 4 is 11.6 Å². The fraction of sp³-hybridized carbons (Fsp3) is 0.235. The van der Waals surface area contributed by atoms with E-state index in [2.05, 4.69) is 5.32 Å². The Balaban J connectivity index is 2.18. The molecule has 5 heteroatoms. The lowest BCUT2D eigenvalue weighted by atomic mass is 10.1. The molecule has 0 aliphatic rings. The molecule has 116 valence electrons. The zero-order valence-corrected chi connectivity index (χ0v) is 12.6. The summed E-state index contributed by atoms with van der Waals surface area (Å²) < 4.78 is 23.5. The average Bonchev–Trinajstić information content (AvgIpc) is 2.51. The molecule has 0 aromatic heterocycles. The number of anilines is 1. The first kappa shape index (κ1) is 16.0. The van der Waals surface area contributed by atoms with Crippen molar-refractivity contribution in [2.45, 2.75) is 13.5 Å². The lowest BCUT2D eigenvalue weighted by Gasteiger charge is -2.12. The highest BCUT2D eigenvalue weighted by molar-refractivity contribution is 6.04. The van der Waals surface area contributed by atoms with Crippen molar-refractivity contribution in [2.75, 3.05) is 19.0 Å². The molecular formula is C17H18FNO3. The molecule has 22 heavy (non-hydrogen) atoms. The lowest BCUT2D eigenvalue weighted by molar-refractivity contribution is 0.102. The number of ether oxygens (including phenoxy) is 2. The molecular weight excluding hydrogens is 285 g/mol. The van der Waals surface area contributed by atoms with Gasteiger partial charge in [-0.05, 0) is 49.4 Å². The van der Waals surface area contributed by atoms with E-state index in [9.17, 15) is 9.18 Å². The quantitative estimate of drug-likeness (QED) is 0.886. The molecule has 0 spiro atoms. The highest BCUT2D eigenvalue weighted by Gasteiger charge is 2.11. The van der Waals surface area contributed by atoms with Crippen LogP contribution in [-0.2, 0) is 11.3 Å². The molecule has 0 aliphatic carbocycles. The topological polar surface area (TPSA) is 47.6 Å². The van der Waals surface area contributed by atoms with E-state index in [0.717, 1.165) is 5.56 Å². The van der Waals surface area contributed by atoms with Crippen molar-refractivity contribution in [3.63, 3.8) is 0 Å². The molecule has 2 aromatic rings. The van der Waals surface area contributed by atoms with Gasteiger partial charge in [-0.1, -0.05) is 0 Å². The van der Waals surface area contributed by atoms with Gasteiger partial charge in [0, 0.05) is 23.9 Å². The number of hydrogen-bond donors (Lipinski definition) is 1. The zero-order valence-electron chi connectivity index (χ0n) is 12.6. The van der Waals surface area contributed by atoms with Crippen LogP contribution in [0, 0.1) is 5.82 Å². The minimum absolute atomic E-state index is 0.271. The Morgan fingerprint density at radius 3 is 2.55 bits per heavy atom. The van der Waals surface area contributed by atoms with Crippen LogP contribution in [-0.4, -0.2) is 19.6 Å². The predicted octanol–water partition coefficient (Wildman–Crippen LogP) is 3.62. The van der Waals surface area contributed by atoms with Gasteiger partial charge in [-0.15, -0.1) is 0 Å². The Hall–Kier alpha value is -2.40. The maximum Gasteiger partial charge on any atom is 0.255 e. The number of rotatable bonds is 6. The summed E-state index contributed by atoms with van der Waals surface area (Å²) in [5, 5.41) is 2.72. The Kier molecular flexibility index (Phi) is 5.49. The number of methoxy groups -OCH3 is 1. The summed E-state index contributed by atoms with van der Waals surface area (Å²) in [4.78, 5) is 12.2. The van der Waals surface area contributed by atoms with Crippen LogP contribution >= 0.6 is 0 Å². The summed E-state index contributed by atoms with van der Waals surface area (Å²) in [5.74, 6) is 0.0798. The molecule has 1 amide bonds. The summed E-state index contributed by atoms with van der Waals surface area (Å²) in [7, 11) is 1.58. The van der Waals surface area contributed by atoms with Crippen LogP contribution in [0.15, 0.2) is 42.5 Å². The number of carbonyl (C=O) groups excluding carboxylic acids is 1. The van der Waals surface area contributed by atoms with Gasteiger partial charge in [-0.3, -0.25) is 4.79 Å². The van der Waals surface area contributed by atoms with Crippen LogP contribution < -0.4 is 10.1 Å². The van der Waals surface area contributed by atoms with E-state index >= 15 is 0 Å². The van der Waals surface area contributed by atoms with Crippen molar-refractivity contribution in [3.05, 3.63) is 59.4 Å². The Morgan fingerprint density at radius 1 is 1.18 bits per heavy atom. The van der Waals surface area contributed by atoms with Gasteiger partial charge in [0.25, 0.3) is 5.91 Å². The third-order valence-corrected chi connectivity index (χ3v) is 3.02. The highest BCUT2D eigenvalue weighted by Crippen LogP contribution is 2.22. The summed E-state index contributed by atoms with van der Waals surface area (Å²) >= 11 is 0. The van der Waals surface area contributed by atoms with Crippen LogP contribution in [0.1, 0.15) is 22.8 Å². The van der Waals surface area contributed by atoms with Gasteiger partial charge in [-0.2, -0.15) is 0 Å². The maximum absolute atomic E-state index is 12.9. The maximum atomic E-state index is 12.9. The van der Waals surface area contributed by atoms with Gasteiger partial charge >= 0.3 is 0 Å².